The van der Waals surface area contributed by atoms with Gasteiger partial charge in [-0.15, -0.1) is 0 Å². The first-order valence-corrected chi connectivity index (χ1v) is 3.68. The van der Waals surface area contributed by atoms with E-state index in [0.717, 1.165) is 0 Å². The molecule has 0 bridgehead atoms. The molecule has 8 heteroatoms. The van der Waals surface area contributed by atoms with Crippen molar-refractivity contribution >= 4 is 6.16 Å². The van der Waals surface area contributed by atoms with Crippen LogP contribution < -0.4 is 22.5 Å². The molecular formula is C7H26N2O6. The first-order valence-electron chi connectivity index (χ1n) is 3.68. The second-order valence-corrected chi connectivity index (χ2v) is 1.20. The van der Waals surface area contributed by atoms with Gasteiger partial charge in [0.1, 0.15) is 0 Å². The average Bonchev–Trinajstić information content (AvgIpc) is 1.88. The van der Waals surface area contributed by atoms with Crippen molar-refractivity contribution in [2.24, 2.45) is 0 Å². The van der Waals surface area contributed by atoms with E-state index in [2.05, 4.69) is 0 Å². The van der Waals surface area contributed by atoms with Crippen LogP contribution in [0.25, 0.3) is 0 Å². The lowest BCUT2D eigenvalue weighted by atomic mass is 10.9. The third-order valence-electron chi connectivity index (χ3n) is 0. The van der Waals surface area contributed by atoms with Crippen LogP contribution >= 0.6 is 0 Å². The van der Waals surface area contributed by atoms with Crippen LogP contribution in [0.3, 0.4) is 0 Å². The topological polar surface area (TPSA) is 197 Å². The fourth-order valence-electron chi connectivity index (χ4n) is 0. The quantitative estimate of drug-likeness (QED) is 0.331. The van der Waals surface area contributed by atoms with Gasteiger partial charge in [-0.3, -0.25) is 0 Å². The van der Waals surface area contributed by atoms with E-state index >= 15 is 0 Å². The number of aliphatic hydroxyl groups is 3. The molecule has 8 nitrogen and oxygen atoms in total. The first kappa shape index (κ1) is 36.9. The van der Waals surface area contributed by atoms with Crippen molar-refractivity contribution in [1.29, 1.82) is 0 Å². The molecule has 0 unspecified atom stereocenters. The summed E-state index contributed by atoms with van der Waals surface area (Å²) >= 11 is 0. The maximum Gasteiger partial charge on any atom is 0.0402 e. The monoisotopic (exact) mass is 234 g/mol. The van der Waals surface area contributed by atoms with Gasteiger partial charge in [-0.25, -0.2) is 0 Å². The Bertz CT molecular complexity index is 65.7. The highest BCUT2D eigenvalue weighted by atomic mass is 16.6. The van der Waals surface area contributed by atoms with E-state index in [4.69, 9.17) is 30.3 Å². The molecule has 0 spiro atoms. The largest absolute Gasteiger partial charge is 0.652 e. The van der Waals surface area contributed by atoms with Crippen molar-refractivity contribution in [1.82, 2.24) is 12.3 Å². The summed E-state index contributed by atoms with van der Waals surface area (Å²) in [6.07, 6.45) is -2.33. The second-order valence-electron chi connectivity index (χ2n) is 1.20. The van der Waals surface area contributed by atoms with Crippen LogP contribution in [-0.2, 0) is 0 Å². The summed E-state index contributed by atoms with van der Waals surface area (Å²) in [6, 6.07) is 0. The van der Waals surface area contributed by atoms with Gasteiger partial charge in [-0.2, -0.15) is 0 Å². The van der Waals surface area contributed by atoms with Crippen LogP contribution in [0.1, 0.15) is 20.8 Å². The van der Waals surface area contributed by atoms with Gasteiger partial charge in [-0.1, -0.05) is 0 Å². The normalized spacial score (nSPS) is 5.20. The lowest BCUT2D eigenvalue weighted by molar-refractivity contribution is -0.415. The van der Waals surface area contributed by atoms with E-state index in [0.29, 0.717) is 0 Å². The smallest absolute Gasteiger partial charge is 0.0402 e. The number of aliphatic hydroxyl groups excluding tert-OH is 3. The minimum Gasteiger partial charge on any atom is -0.652 e. The number of hydrogen-bond acceptors (Lipinski definition) is 6. The van der Waals surface area contributed by atoms with Crippen LogP contribution in [0, 0.1) is 0 Å². The summed E-state index contributed by atoms with van der Waals surface area (Å²) in [6.45, 7) is 5.79. The van der Waals surface area contributed by atoms with Crippen LogP contribution in [0.4, 0.5) is 4.79 Å². The Balaban J connectivity index is -0.0000000174. The van der Waals surface area contributed by atoms with Gasteiger partial charge in [-0.05, 0) is 26.9 Å². The molecule has 0 rings (SSSR count). The van der Waals surface area contributed by atoms with Gasteiger partial charge in [0.2, 0.25) is 0 Å². The number of hydrogen-bond donors (Lipinski definition) is 5. The molecular weight excluding hydrogens is 208 g/mol. The summed E-state index contributed by atoms with van der Waals surface area (Å²) in [7, 11) is 0. The molecule has 0 radical (unpaired) electrons. The molecule has 0 aliphatic rings. The number of carbonyl (C=O) groups is 1. The SMILES string of the molecule is CCO.CCO.CCO.O=C([O-])[O-].[NH4+].[NH4+]. The Morgan fingerprint density at radius 2 is 0.867 bits per heavy atom. The zero-order chi connectivity index (χ0) is 11.7. The number of rotatable bonds is 0. The molecule has 0 aromatic rings. The molecule has 0 amide bonds. The molecule has 0 saturated carbocycles. The van der Waals surface area contributed by atoms with Crippen molar-refractivity contribution in [3.05, 3.63) is 0 Å². The van der Waals surface area contributed by atoms with E-state index < -0.39 is 6.16 Å². The third kappa shape index (κ3) is 1850. The van der Waals surface area contributed by atoms with Gasteiger partial charge in [0.05, 0.1) is 0 Å². The van der Waals surface area contributed by atoms with Gasteiger partial charge in [0, 0.05) is 19.8 Å². The highest BCUT2D eigenvalue weighted by Crippen LogP contribution is 1.30. The van der Waals surface area contributed by atoms with Gasteiger partial charge >= 0.3 is 0 Å². The third-order valence-corrected chi connectivity index (χ3v) is 0. The maximum absolute atomic E-state index is 8.33. The minimum atomic E-state index is -2.33. The second kappa shape index (κ2) is 74.1. The Morgan fingerprint density at radius 3 is 0.867 bits per heavy atom. The average molecular weight is 234 g/mol. The van der Waals surface area contributed by atoms with Crippen LogP contribution in [0.15, 0.2) is 0 Å². The van der Waals surface area contributed by atoms with Crippen LogP contribution in [0.2, 0.25) is 0 Å². The molecule has 0 atom stereocenters. The molecule has 0 aliphatic carbocycles. The number of carboxylic acid groups (broad SMARTS) is 2. The Kier molecular flexibility index (Phi) is 182. The van der Waals surface area contributed by atoms with Crippen molar-refractivity contribution in [3.8, 4) is 0 Å². The lowest BCUT2D eigenvalue weighted by Gasteiger charge is -1.96. The zero-order valence-electron chi connectivity index (χ0n) is 10.2. The Hall–Kier alpha value is -0.930. The molecule has 0 aliphatic heterocycles. The summed E-state index contributed by atoms with van der Waals surface area (Å²) in [5, 5.41) is 39.4. The van der Waals surface area contributed by atoms with E-state index in [1.807, 2.05) is 0 Å². The maximum atomic E-state index is 8.33. The summed E-state index contributed by atoms with van der Waals surface area (Å²) in [5.74, 6) is 0. The predicted octanol–water partition coefficient (Wildman–Crippen LogP) is -1.70. The van der Waals surface area contributed by atoms with Crippen molar-refractivity contribution in [2.45, 2.75) is 20.8 Å². The molecule has 11 N–H and O–H groups in total. The van der Waals surface area contributed by atoms with Crippen molar-refractivity contribution in [2.75, 3.05) is 19.8 Å². The fraction of sp³-hybridized carbons (Fsp3) is 0.857. The van der Waals surface area contributed by atoms with Gasteiger partial charge in [0.25, 0.3) is 0 Å². The van der Waals surface area contributed by atoms with E-state index in [-0.39, 0.29) is 32.1 Å². The molecule has 0 heterocycles. The molecule has 15 heavy (non-hydrogen) atoms. The van der Waals surface area contributed by atoms with E-state index in [1.165, 1.54) is 0 Å². The van der Waals surface area contributed by atoms with Crippen LogP contribution in [-0.4, -0.2) is 41.3 Å². The highest BCUT2D eigenvalue weighted by Gasteiger charge is 1.35. The molecule has 100 valence electrons. The lowest BCUT2D eigenvalue weighted by Crippen LogP contribution is -2.37. The fourth-order valence-corrected chi connectivity index (χ4v) is 0. The van der Waals surface area contributed by atoms with Crippen molar-refractivity contribution < 1.29 is 30.3 Å². The molecule has 0 aromatic heterocycles. The van der Waals surface area contributed by atoms with E-state index in [9.17, 15) is 0 Å². The zero-order valence-corrected chi connectivity index (χ0v) is 10.2. The number of carbonyl (C=O) groups excluding carboxylic acids is 1. The standard InChI is InChI=1S/3C2H6O.CH2O3.2H3N/c3*1-2-3;2-1(3)4;;/h3*3H,2H2,1H3;(H2,2,3,4);2*1H3. The predicted molar refractivity (Wildman–Crippen MR) is 55.6 cm³/mol. The van der Waals surface area contributed by atoms with E-state index in [1.54, 1.807) is 20.8 Å². The summed E-state index contributed by atoms with van der Waals surface area (Å²) in [5.41, 5.74) is 0. The molecule has 0 aromatic carbocycles. The Morgan fingerprint density at radius 1 is 0.867 bits per heavy atom. The first-order chi connectivity index (χ1) is 5.97. The van der Waals surface area contributed by atoms with Crippen molar-refractivity contribution in [3.63, 3.8) is 0 Å². The van der Waals surface area contributed by atoms with Gasteiger partial charge < -0.3 is 42.6 Å². The molecule has 0 saturated heterocycles. The summed E-state index contributed by atoms with van der Waals surface area (Å²) < 4.78 is 0. The minimum absolute atomic E-state index is 0. The summed E-state index contributed by atoms with van der Waals surface area (Å²) in [4.78, 5) is 8.33. The number of quaternary nitrogens is 2. The Labute approximate surface area is 90.4 Å². The van der Waals surface area contributed by atoms with Gasteiger partial charge in [0.15, 0.2) is 0 Å². The molecule has 0 fully saturated rings. The highest BCUT2D eigenvalue weighted by molar-refractivity contribution is 5.47. The van der Waals surface area contributed by atoms with Crippen LogP contribution in [0.5, 0.6) is 0 Å².